The van der Waals surface area contributed by atoms with Gasteiger partial charge >= 0.3 is 5.97 Å². The van der Waals surface area contributed by atoms with Crippen LogP contribution in [0.4, 0.5) is 0 Å². The maximum absolute atomic E-state index is 12.0. The van der Waals surface area contributed by atoms with Crippen molar-refractivity contribution >= 4 is 23.6 Å². The summed E-state index contributed by atoms with van der Waals surface area (Å²) >= 11 is 1.26. The average molecular weight is 362 g/mol. The second-order valence-electron chi connectivity index (χ2n) is 5.74. The summed E-state index contributed by atoms with van der Waals surface area (Å²) in [5.74, 6) is -1.49. The predicted octanol–water partition coefficient (Wildman–Crippen LogP) is 2.28. The van der Waals surface area contributed by atoms with E-state index in [0.717, 1.165) is 17.7 Å². The Hall–Kier alpha value is -2.35. The Bertz CT molecular complexity index is 715. The van der Waals surface area contributed by atoms with Gasteiger partial charge in [0.05, 0.1) is 11.7 Å². The Morgan fingerprint density at radius 1 is 1.32 bits per heavy atom. The number of carboxylic acids is 1. The van der Waals surface area contributed by atoms with Crippen LogP contribution in [0, 0.1) is 12.8 Å². The van der Waals surface area contributed by atoms with Gasteiger partial charge in [0.15, 0.2) is 5.16 Å². The molecular formula is C17H22N4O3S. The quantitative estimate of drug-likeness (QED) is 0.664. The molecule has 1 aromatic heterocycles. The van der Waals surface area contributed by atoms with Gasteiger partial charge in [0, 0.05) is 12.2 Å². The lowest BCUT2D eigenvalue weighted by Gasteiger charge is -2.12. The van der Waals surface area contributed by atoms with E-state index in [-0.39, 0.29) is 18.2 Å². The normalized spacial score (nSPS) is 11.9. The highest BCUT2D eigenvalue weighted by Crippen LogP contribution is 2.19. The number of hydrogen-bond donors (Lipinski definition) is 2. The number of carboxylic acid groups (broad SMARTS) is 1. The van der Waals surface area contributed by atoms with Crippen LogP contribution in [0.2, 0.25) is 0 Å². The van der Waals surface area contributed by atoms with Crippen LogP contribution in [-0.2, 0) is 9.59 Å². The van der Waals surface area contributed by atoms with Crippen molar-refractivity contribution in [2.45, 2.75) is 31.8 Å². The van der Waals surface area contributed by atoms with Gasteiger partial charge in [0.1, 0.15) is 6.33 Å². The Morgan fingerprint density at radius 3 is 2.68 bits per heavy atom. The zero-order chi connectivity index (χ0) is 18.2. The minimum absolute atomic E-state index is 0.146. The van der Waals surface area contributed by atoms with E-state index in [1.165, 1.54) is 11.8 Å². The Kier molecular flexibility index (Phi) is 7.00. The molecule has 0 fully saturated rings. The van der Waals surface area contributed by atoms with Crippen LogP contribution in [0.5, 0.6) is 0 Å². The summed E-state index contributed by atoms with van der Waals surface area (Å²) in [4.78, 5) is 23.1. The van der Waals surface area contributed by atoms with Gasteiger partial charge in [-0.25, -0.2) is 0 Å². The number of thioether (sulfide) groups is 1. The van der Waals surface area contributed by atoms with Crippen molar-refractivity contribution in [3.8, 4) is 5.69 Å². The van der Waals surface area contributed by atoms with Gasteiger partial charge in [0.2, 0.25) is 5.91 Å². The molecule has 0 radical (unpaired) electrons. The van der Waals surface area contributed by atoms with Crippen LogP contribution in [0.1, 0.15) is 25.3 Å². The zero-order valence-electron chi connectivity index (χ0n) is 14.3. The summed E-state index contributed by atoms with van der Waals surface area (Å²) in [6.07, 6.45) is 2.92. The molecule has 134 valence electrons. The lowest BCUT2D eigenvalue weighted by Crippen LogP contribution is -2.34. The molecule has 0 aliphatic rings. The number of amides is 1. The summed E-state index contributed by atoms with van der Waals surface area (Å²) in [5, 5.41) is 20.3. The molecule has 8 heteroatoms. The van der Waals surface area contributed by atoms with Gasteiger partial charge in [0.25, 0.3) is 0 Å². The molecular weight excluding hydrogens is 340 g/mol. The number of rotatable bonds is 9. The number of nitrogens with one attached hydrogen (secondary N) is 1. The number of nitrogens with zero attached hydrogens (tertiary/aromatic N) is 3. The lowest BCUT2D eigenvalue weighted by molar-refractivity contribution is -0.141. The van der Waals surface area contributed by atoms with Crippen LogP contribution >= 0.6 is 11.8 Å². The van der Waals surface area contributed by atoms with Crippen LogP contribution in [-0.4, -0.2) is 44.0 Å². The van der Waals surface area contributed by atoms with Gasteiger partial charge in [-0.05, 0) is 25.5 Å². The van der Waals surface area contributed by atoms with Crippen molar-refractivity contribution in [2.75, 3.05) is 12.3 Å². The van der Waals surface area contributed by atoms with E-state index in [4.69, 9.17) is 5.11 Å². The highest BCUT2D eigenvalue weighted by atomic mass is 32.2. The predicted molar refractivity (Wildman–Crippen MR) is 95.9 cm³/mol. The molecule has 0 bridgehead atoms. The third-order valence-electron chi connectivity index (χ3n) is 3.69. The SMILES string of the molecule is CCCC(CNC(=O)CSc1nncn1-c1ccc(C)cc1)C(=O)O. The number of aromatic nitrogens is 3. The molecule has 0 saturated heterocycles. The first-order chi connectivity index (χ1) is 12.0. The van der Waals surface area contributed by atoms with E-state index >= 15 is 0 Å². The molecule has 2 aromatic rings. The Morgan fingerprint density at radius 2 is 2.04 bits per heavy atom. The van der Waals surface area contributed by atoms with Crippen molar-refractivity contribution in [1.82, 2.24) is 20.1 Å². The first-order valence-corrected chi connectivity index (χ1v) is 9.09. The van der Waals surface area contributed by atoms with E-state index in [0.29, 0.717) is 11.6 Å². The largest absolute Gasteiger partial charge is 0.481 e. The van der Waals surface area contributed by atoms with Crippen molar-refractivity contribution in [2.24, 2.45) is 5.92 Å². The fourth-order valence-electron chi connectivity index (χ4n) is 2.28. The third kappa shape index (κ3) is 5.60. The number of carbonyl (C=O) groups excluding carboxylic acids is 1. The second-order valence-corrected chi connectivity index (χ2v) is 6.68. The van der Waals surface area contributed by atoms with Crippen LogP contribution in [0.15, 0.2) is 35.7 Å². The molecule has 2 N–H and O–H groups in total. The minimum Gasteiger partial charge on any atom is -0.481 e. The molecule has 0 aliphatic heterocycles. The van der Waals surface area contributed by atoms with Gasteiger partial charge in [-0.3, -0.25) is 14.2 Å². The van der Waals surface area contributed by atoms with E-state index in [2.05, 4.69) is 15.5 Å². The number of aliphatic carboxylic acids is 1. The maximum Gasteiger partial charge on any atom is 0.308 e. The second kappa shape index (κ2) is 9.22. The van der Waals surface area contributed by atoms with Crippen molar-refractivity contribution in [3.05, 3.63) is 36.2 Å². The lowest BCUT2D eigenvalue weighted by atomic mass is 10.0. The topological polar surface area (TPSA) is 97.1 Å². The number of aryl methyl sites for hydroxylation is 1. The average Bonchev–Trinajstić information content (AvgIpc) is 3.05. The molecule has 0 aliphatic carbocycles. The van der Waals surface area contributed by atoms with Crippen LogP contribution < -0.4 is 5.32 Å². The maximum atomic E-state index is 12.0. The Labute approximate surface area is 150 Å². The van der Waals surface area contributed by atoms with Crippen molar-refractivity contribution in [3.63, 3.8) is 0 Å². The van der Waals surface area contributed by atoms with E-state index < -0.39 is 11.9 Å². The number of benzene rings is 1. The van der Waals surface area contributed by atoms with Crippen molar-refractivity contribution in [1.29, 1.82) is 0 Å². The molecule has 7 nitrogen and oxygen atoms in total. The minimum atomic E-state index is -0.881. The standard InChI is InChI=1S/C17H22N4O3S/c1-3-4-13(16(23)24)9-18-15(22)10-25-17-20-19-11-21(17)14-7-5-12(2)6-8-14/h5-8,11,13H,3-4,9-10H2,1-2H3,(H,18,22)(H,23,24). The summed E-state index contributed by atoms with van der Waals surface area (Å²) in [7, 11) is 0. The molecule has 2 rings (SSSR count). The highest BCUT2D eigenvalue weighted by molar-refractivity contribution is 7.99. The van der Waals surface area contributed by atoms with Crippen molar-refractivity contribution < 1.29 is 14.7 Å². The molecule has 1 aromatic carbocycles. The molecule has 25 heavy (non-hydrogen) atoms. The highest BCUT2D eigenvalue weighted by Gasteiger charge is 2.17. The molecule has 0 spiro atoms. The van der Waals surface area contributed by atoms with E-state index in [1.807, 2.05) is 42.7 Å². The van der Waals surface area contributed by atoms with E-state index in [9.17, 15) is 9.59 Å². The first-order valence-electron chi connectivity index (χ1n) is 8.10. The van der Waals surface area contributed by atoms with E-state index in [1.54, 1.807) is 6.33 Å². The Balaban J connectivity index is 1.89. The van der Waals surface area contributed by atoms with Crippen LogP contribution in [0.3, 0.4) is 0 Å². The summed E-state index contributed by atoms with van der Waals surface area (Å²) in [5.41, 5.74) is 2.08. The zero-order valence-corrected chi connectivity index (χ0v) is 15.1. The summed E-state index contributed by atoms with van der Waals surface area (Å²) < 4.78 is 1.81. The molecule has 1 atom stereocenters. The summed E-state index contributed by atoms with van der Waals surface area (Å²) in [6.45, 7) is 4.08. The van der Waals surface area contributed by atoms with Gasteiger partial charge in [-0.15, -0.1) is 10.2 Å². The smallest absolute Gasteiger partial charge is 0.308 e. The third-order valence-corrected chi connectivity index (χ3v) is 4.64. The van der Waals surface area contributed by atoms with Gasteiger partial charge < -0.3 is 10.4 Å². The summed E-state index contributed by atoms with van der Waals surface area (Å²) in [6, 6.07) is 7.92. The fraction of sp³-hybridized carbons (Fsp3) is 0.412. The van der Waals surface area contributed by atoms with Gasteiger partial charge in [-0.2, -0.15) is 0 Å². The monoisotopic (exact) mass is 362 g/mol. The first kappa shape index (κ1) is 19.0. The van der Waals surface area contributed by atoms with Crippen LogP contribution in [0.25, 0.3) is 5.69 Å². The molecule has 1 amide bonds. The fourth-order valence-corrected chi connectivity index (χ4v) is 3.04. The number of carbonyl (C=O) groups is 2. The molecule has 1 unspecified atom stereocenters. The number of hydrogen-bond acceptors (Lipinski definition) is 5. The van der Waals surface area contributed by atoms with Gasteiger partial charge in [-0.1, -0.05) is 42.8 Å². The molecule has 0 saturated carbocycles. The molecule has 1 heterocycles.